The van der Waals surface area contributed by atoms with E-state index in [0.29, 0.717) is 0 Å². The zero-order valence-electron chi connectivity index (χ0n) is 8.26. The van der Waals surface area contributed by atoms with Crippen molar-refractivity contribution in [3.8, 4) is 5.75 Å². The molecule has 0 aromatic heterocycles. The third-order valence-electron chi connectivity index (χ3n) is 2.40. The molecule has 2 aromatic rings. The second-order valence-electron chi connectivity index (χ2n) is 3.23. The summed E-state index contributed by atoms with van der Waals surface area (Å²) in [6.45, 7) is 0. The van der Waals surface area contributed by atoms with Gasteiger partial charge >= 0.3 is 0 Å². The summed E-state index contributed by atoms with van der Waals surface area (Å²) in [6.07, 6.45) is 0. The van der Waals surface area contributed by atoms with E-state index in [1.54, 1.807) is 7.11 Å². The monoisotopic (exact) mass is 328 g/mol. The molecule has 0 fully saturated rings. The molecule has 0 saturated heterocycles. The highest BCUT2D eigenvalue weighted by Crippen LogP contribution is 2.36. The molecule has 0 aliphatic carbocycles. The van der Waals surface area contributed by atoms with Crippen molar-refractivity contribution in [2.75, 3.05) is 7.11 Å². The molecule has 0 heterocycles. The van der Waals surface area contributed by atoms with Crippen molar-refractivity contribution in [3.05, 3.63) is 40.4 Å². The molecule has 0 atom stereocenters. The van der Waals surface area contributed by atoms with Crippen LogP contribution in [0.3, 0.4) is 0 Å². The summed E-state index contributed by atoms with van der Waals surface area (Å²) in [5.41, 5.74) is 1.15. The van der Waals surface area contributed by atoms with Gasteiger partial charge in [0.2, 0.25) is 0 Å². The van der Waals surface area contributed by atoms with Gasteiger partial charge in [0.25, 0.3) is 0 Å². The van der Waals surface area contributed by atoms with Crippen LogP contribution in [0, 0.1) is 0 Å². The molecule has 0 amide bonds. The first-order valence-electron chi connectivity index (χ1n) is 4.58. The van der Waals surface area contributed by atoms with Gasteiger partial charge in [0, 0.05) is 15.4 Å². The maximum absolute atomic E-state index is 5.37. The highest BCUT2D eigenvalue weighted by molar-refractivity contribution is 9.11. The lowest BCUT2D eigenvalue weighted by Crippen LogP contribution is -1.91. The second kappa shape index (κ2) is 4.54. The van der Waals surface area contributed by atoms with Crippen LogP contribution in [-0.2, 0) is 5.33 Å². The Morgan fingerprint density at radius 2 is 2.00 bits per heavy atom. The highest BCUT2D eigenvalue weighted by atomic mass is 79.9. The normalized spacial score (nSPS) is 10.6. The minimum Gasteiger partial charge on any atom is -0.496 e. The average Bonchev–Trinajstić information content (AvgIpc) is 2.29. The van der Waals surface area contributed by atoms with Crippen LogP contribution in [0.4, 0.5) is 0 Å². The van der Waals surface area contributed by atoms with E-state index in [-0.39, 0.29) is 0 Å². The SMILES string of the molecule is COc1cc2ccccc2c(Br)c1CBr. The molecular weight excluding hydrogens is 320 g/mol. The third-order valence-corrected chi connectivity index (χ3v) is 3.87. The summed E-state index contributed by atoms with van der Waals surface area (Å²) < 4.78 is 6.47. The fraction of sp³-hybridized carbons (Fsp3) is 0.167. The second-order valence-corrected chi connectivity index (χ2v) is 4.58. The average molecular weight is 330 g/mol. The number of halogens is 2. The van der Waals surface area contributed by atoms with Crippen LogP contribution in [0.1, 0.15) is 5.56 Å². The quantitative estimate of drug-likeness (QED) is 0.737. The Hall–Kier alpha value is -0.540. The predicted octanol–water partition coefficient (Wildman–Crippen LogP) is 4.51. The number of ether oxygens (including phenoxy) is 1. The zero-order chi connectivity index (χ0) is 10.8. The lowest BCUT2D eigenvalue weighted by atomic mass is 10.1. The number of benzene rings is 2. The van der Waals surface area contributed by atoms with Crippen molar-refractivity contribution in [2.24, 2.45) is 0 Å². The van der Waals surface area contributed by atoms with Crippen molar-refractivity contribution in [1.29, 1.82) is 0 Å². The Morgan fingerprint density at radius 3 is 2.67 bits per heavy atom. The van der Waals surface area contributed by atoms with Gasteiger partial charge in [-0.05, 0) is 32.8 Å². The largest absolute Gasteiger partial charge is 0.496 e. The third kappa shape index (κ3) is 1.91. The first kappa shape index (κ1) is 11.0. The van der Waals surface area contributed by atoms with Gasteiger partial charge in [0.1, 0.15) is 5.75 Å². The number of hydrogen-bond acceptors (Lipinski definition) is 1. The minimum absolute atomic E-state index is 0.779. The molecule has 78 valence electrons. The maximum atomic E-state index is 5.37. The van der Waals surface area contributed by atoms with Gasteiger partial charge in [-0.15, -0.1) is 0 Å². The molecule has 2 rings (SSSR count). The fourth-order valence-corrected chi connectivity index (χ4v) is 3.26. The Morgan fingerprint density at radius 1 is 1.27 bits per heavy atom. The topological polar surface area (TPSA) is 9.23 Å². The Kier molecular flexibility index (Phi) is 3.32. The van der Waals surface area contributed by atoms with Crippen LogP contribution >= 0.6 is 31.9 Å². The molecule has 0 bridgehead atoms. The molecule has 0 aliphatic heterocycles. The lowest BCUT2D eigenvalue weighted by molar-refractivity contribution is 0.412. The molecule has 0 N–H and O–H groups in total. The number of hydrogen-bond donors (Lipinski definition) is 0. The molecule has 0 radical (unpaired) electrons. The van der Waals surface area contributed by atoms with Crippen molar-refractivity contribution >= 4 is 42.6 Å². The molecule has 0 aliphatic rings. The molecule has 3 heteroatoms. The molecule has 0 saturated carbocycles. The van der Waals surface area contributed by atoms with Gasteiger partial charge in [0.15, 0.2) is 0 Å². The standard InChI is InChI=1S/C12H10Br2O/c1-15-11-6-8-4-2-3-5-9(8)12(14)10(11)7-13/h2-6H,7H2,1H3. The van der Waals surface area contributed by atoms with Gasteiger partial charge in [-0.25, -0.2) is 0 Å². The van der Waals surface area contributed by atoms with Gasteiger partial charge < -0.3 is 4.74 Å². The Balaban J connectivity index is 2.81. The number of fused-ring (bicyclic) bond motifs is 1. The Bertz CT molecular complexity index is 494. The molecule has 0 spiro atoms. The first-order valence-corrected chi connectivity index (χ1v) is 6.49. The van der Waals surface area contributed by atoms with Crippen molar-refractivity contribution in [3.63, 3.8) is 0 Å². The van der Waals surface area contributed by atoms with Crippen molar-refractivity contribution in [1.82, 2.24) is 0 Å². The van der Waals surface area contributed by atoms with Crippen LogP contribution in [0.5, 0.6) is 5.75 Å². The summed E-state index contributed by atoms with van der Waals surface area (Å²) in [4.78, 5) is 0. The minimum atomic E-state index is 0.779. The van der Waals surface area contributed by atoms with Gasteiger partial charge in [-0.1, -0.05) is 40.2 Å². The number of methoxy groups -OCH3 is 1. The van der Waals surface area contributed by atoms with E-state index in [9.17, 15) is 0 Å². The van der Waals surface area contributed by atoms with Gasteiger partial charge in [-0.3, -0.25) is 0 Å². The van der Waals surface area contributed by atoms with E-state index in [4.69, 9.17) is 4.74 Å². The van der Waals surface area contributed by atoms with E-state index < -0.39 is 0 Å². The zero-order valence-corrected chi connectivity index (χ0v) is 11.4. The fourth-order valence-electron chi connectivity index (χ4n) is 1.63. The van der Waals surface area contributed by atoms with E-state index in [1.165, 1.54) is 10.8 Å². The maximum Gasteiger partial charge on any atom is 0.124 e. The van der Waals surface area contributed by atoms with Gasteiger partial charge in [-0.2, -0.15) is 0 Å². The molecule has 1 nitrogen and oxygen atoms in total. The Labute approximate surface area is 106 Å². The molecule has 15 heavy (non-hydrogen) atoms. The summed E-state index contributed by atoms with van der Waals surface area (Å²) >= 11 is 7.10. The number of alkyl halides is 1. The molecular formula is C12H10Br2O. The van der Waals surface area contributed by atoms with E-state index in [0.717, 1.165) is 21.1 Å². The summed E-state index contributed by atoms with van der Waals surface area (Å²) in [5, 5.41) is 3.18. The van der Waals surface area contributed by atoms with Crippen LogP contribution in [-0.4, -0.2) is 7.11 Å². The van der Waals surface area contributed by atoms with E-state index >= 15 is 0 Å². The van der Waals surface area contributed by atoms with E-state index in [2.05, 4.69) is 50.1 Å². The highest BCUT2D eigenvalue weighted by Gasteiger charge is 2.10. The first-order chi connectivity index (χ1) is 7.27. The molecule has 0 unspecified atom stereocenters. The van der Waals surface area contributed by atoms with Crippen molar-refractivity contribution in [2.45, 2.75) is 5.33 Å². The number of rotatable bonds is 2. The van der Waals surface area contributed by atoms with Crippen LogP contribution in [0.2, 0.25) is 0 Å². The molecule has 2 aromatic carbocycles. The van der Waals surface area contributed by atoms with Crippen LogP contribution in [0.25, 0.3) is 10.8 Å². The van der Waals surface area contributed by atoms with Crippen LogP contribution in [0.15, 0.2) is 34.8 Å². The van der Waals surface area contributed by atoms with Gasteiger partial charge in [0.05, 0.1) is 7.11 Å². The summed E-state index contributed by atoms with van der Waals surface area (Å²) in [6, 6.07) is 10.3. The summed E-state index contributed by atoms with van der Waals surface area (Å²) in [5.74, 6) is 0.914. The smallest absolute Gasteiger partial charge is 0.124 e. The lowest BCUT2D eigenvalue weighted by Gasteiger charge is -2.11. The predicted molar refractivity (Wildman–Crippen MR) is 70.8 cm³/mol. The van der Waals surface area contributed by atoms with Crippen molar-refractivity contribution < 1.29 is 4.74 Å². The summed E-state index contributed by atoms with van der Waals surface area (Å²) in [7, 11) is 1.70. The van der Waals surface area contributed by atoms with E-state index in [1.807, 2.05) is 12.1 Å². The van der Waals surface area contributed by atoms with Crippen LogP contribution < -0.4 is 4.74 Å².